The van der Waals surface area contributed by atoms with Gasteiger partial charge in [-0.05, 0) is 19.4 Å². The van der Waals surface area contributed by atoms with Crippen molar-refractivity contribution in [3.63, 3.8) is 0 Å². The first kappa shape index (κ1) is 13.5. The monoisotopic (exact) mass is 257 g/mol. The standard InChI is InChI=1S/C15H19N3O/c1-15(2,11-7-5-4-6-8-11)14-17-12(10-19-3)9-13(16)18-14/h4-9H,10H2,1-3H3,(H2,16,17,18). The van der Waals surface area contributed by atoms with E-state index in [-0.39, 0.29) is 5.41 Å². The van der Waals surface area contributed by atoms with E-state index in [1.165, 1.54) is 0 Å². The van der Waals surface area contributed by atoms with Crippen LogP contribution in [-0.2, 0) is 16.8 Å². The third kappa shape index (κ3) is 2.90. The maximum absolute atomic E-state index is 5.86. The Labute approximate surface area is 113 Å². The number of methoxy groups -OCH3 is 1. The van der Waals surface area contributed by atoms with Gasteiger partial charge in [0, 0.05) is 18.6 Å². The summed E-state index contributed by atoms with van der Waals surface area (Å²) in [4.78, 5) is 8.93. The number of anilines is 1. The van der Waals surface area contributed by atoms with Gasteiger partial charge in [-0.15, -0.1) is 0 Å². The summed E-state index contributed by atoms with van der Waals surface area (Å²) in [5, 5.41) is 0. The van der Waals surface area contributed by atoms with Gasteiger partial charge in [-0.2, -0.15) is 0 Å². The van der Waals surface area contributed by atoms with Crippen molar-refractivity contribution in [3.8, 4) is 0 Å². The van der Waals surface area contributed by atoms with Gasteiger partial charge in [0.1, 0.15) is 11.6 Å². The average molecular weight is 257 g/mol. The number of nitrogens with zero attached hydrogens (tertiary/aromatic N) is 2. The first-order chi connectivity index (χ1) is 9.04. The Balaban J connectivity index is 2.45. The molecular weight excluding hydrogens is 238 g/mol. The van der Waals surface area contributed by atoms with Crippen LogP contribution < -0.4 is 5.73 Å². The minimum Gasteiger partial charge on any atom is -0.384 e. The molecule has 100 valence electrons. The second kappa shape index (κ2) is 5.36. The first-order valence-electron chi connectivity index (χ1n) is 6.22. The van der Waals surface area contributed by atoms with Crippen LogP contribution in [0, 0.1) is 0 Å². The Kier molecular flexibility index (Phi) is 3.81. The number of rotatable bonds is 4. The van der Waals surface area contributed by atoms with Gasteiger partial charge in [-0.1, -0.05) is 30.3 Å². The minimum absolute atomic E-state index is 0.293. The lowest BCUT2D eigenvalue weighted by Crippen LogP contribution is -2.23. The third-order valence-corrected chi connectivity index (χ3v) is 3.15. The molecule has 4 nitrogen and oxygen atoms in total. The highest BCUT2D eigenvalue weighted by Gasteiger charge is 2.26. The maximum atomic E-state index is 5.86. The van der Waals surface area contributed by atoms with E-state index in [1.807, 2.05) is 18.2 Å². The fraction of sp³-hybridized carbons (Fsp3) is 0.333. The zero-order chi connectivity index (χ0) is 13.9. The Morgan fingerprint density at radius 2 is 1.84 bits per heavy atom. The predicted molar refractivity (Wildman–Crippen MR) is 75.7 cm³/mol. The number of benzene rings is 1. The summed E-state index contributed by atoms with van der Waals surface area (Å²) >= 11 is 0. The summed E-state index contributed by atoms with van der Waals surface area (Å²) < 4.78 is 5.11. The van der Waals surface area contributed by atoms with Crippen LogP contribution in [0.4, 0.5) is 5.82 Å². The number of nitrogens with two attached hydrogens (primary N) is 1. The van der Waals surface area contributed by atoms with Crippen molar-refractivity contribution in [3.05, 3.63) is 53.5 Å². The summed E-state index contributed by atoms with van der Waals surface area (Å²) in [5.41, 5.74) is 7.52. The van der Waals surface area contributed by atoms with Crippen molar-refractivity contribution in [2.45, 2.75) is 25.9 Å². The molecule has 19 heavy (non-hydrogen) atoms. The highest BCUT2D eigenvalue weighted by molar-refractivity contribution is 5.36. The summed E-state index contributed by atoms with van der Waals surface area (Å²) in [6.07, 6.45) is 0. The molecule has 0 aliphatic rings. The smallest absolute Gasteiger partial charge is 0.141 e. The quantitative estimate of drug-likeness (QED) is 0.914. The van der Waals surface area contributed by atoms with E-state index >= 15 is 0 Å². The Morgan fingerprint density at radius 1 is 1.16 bits per heavy atom. The largest absolute Gasteiger partial charge is 0.384 e. The van der Waals surface area contributed by atoms with Crippen LogP contribution in [0.5, 0.6) is 0 Å². The van der Waals surface area contributed by atoms with Gasteiger partial charge in [0.2, 0.25) is 0 Å². The molecule has 1 heterocycles. The van der Waals surface area contributed by atoms with E-state index in [2.05, 4.69) is 35.9 Å². The predicted octanol–water partition coefficient (Wildman–Crippen LogP) is 2.53. The molecular formula is C15H19N3O. The van der Waals surface area contributed by atoms with Crippen molar-refractivity contribution < 1.29 is 4.74 Å². The van der Waals surface area contributed by atoms with Crippen LogP contribution in [-0.4, -0.2) is 17.1 Å². The molecule has 0 saturated carbocycles. The molecule has 0 atom stereocenters. The van der Waals surface area contributed by atoms with Gasteiger partial charge in [-0.3, -0.25) is 0 Å². The molecule has 0 amide bonds. The zero-order valence-electron chi connectivity index (χ0n) is 11.6. The second-order valence-corrected chi connectivity index (χ2v) is 5.03. The van der Waals surface area contributed by atoms with Crippen molar-refractivity contribution in [1.82, 2.24) is 9.97 Å². The molecule has 1 aromatic heterocycles. The molecule has 4 heteroatoms. The number of hydrogen-bond donors (Lipinski definition) is 1. The van der Waals surface area contributed by atoms with Crippen molar-refractivity contribution in [1.29, 1.82) is 0 Å². The lowest BCUT2D eigenvalue weighted by Gasteiger charge is -2.24. The average Bonchev–Trinajstić information content (AvgIpc) is 2.39. The molecule has 0 spiro atoms. The molecule has 2 aromatic rings. The van der Waals surface area contributed by atoms with Crippen LogP contribution in [0.25, 0.3) is 0 Å². The minimum atomic E-state index is -0.293. The second-order valence-electron chi connectivity index (χ2n) is 5.03. The van der Waals surface area contributed by atoms with Gasteiger partial charge in [0.25, 0.3) is 0 Å². The number of ether oxygens (including phenoxy) is 1. The Morgan fingerprint density at radius 3 is 2.47 bits per heavy atom. The van der Waals surface area contributed by atoms with Crippen LogP contribution in [0.15, 0.2) is 36.4 Å². The van der Waals surface area contributed by atoms with Crippen LogP contribution in [0.1, 0.15) is 30.9 Å². The van der Waals surface area contributed by atoms with Gasteiger partial charge in [-0.25, -0.2) is 9.97 Å². The fourth-order valence-electron chi connectivity index (χ4n) is 2.00. The third-order valence-electron chi connectivity index (χ3n) is 3.15. The number of hydrogen-bond acceptors (Lipinski definition) is 4. The zero-order valence-corrected chi connectivity index (χ0v) is 11.6. The molecule has 0 bridgehead atoms. The lowest BCUT2D eigenvalue weighted by atomic mass is 9.83. The highest BCUT2D eigenvalue weighted by Crippen LogP contribution is 2.29. The molecule has 2 N–H and O–H groups in total. The van der Waals surface area contributed by atoms with Crippen molar-refractivity contribution in [2.24, 2.45) is 0 Å². The molecule has 0 radical (unpaired) electrons. The van der Waals surface area contributed by atoms with Crippen molar-refractivity contribution >= 4 is 5.82 Å². The maximum Gasteiger partial charge on any atom is 0.141 e. The molecule has 0 aliphatic carbocycles. The van der Waals surface area contributed by atoms with Gasteiger partial charge >= 0.3 is 0 Å². The van der Waals surface area contributed by atoms with E-state index in [4.69, 9.17) is 10.5 Å². The van der Waals surface area contributed by atoms with E-state index in [9.17, 15) is 0 Å². The van der Waals surface area contributed by atoms with Crippen LogP contribution >= 0.6 is 0 Å². The summed E-state index contributed by atoms with van der Waals surface area (Å²) in [5.74, 6) is 1.19. The Bertz CT molecular complexity index is 553. The summed E-state index contributed by atoms with van der Waals surface area (Å²) in [6.45, 7) is 4.62. The van der Waals surface area contributed by atoms with Crippen LogP contribution in [0.3, 0.4) is 0 Å². The summed E-state index contributed by atoms with van der Waals surface area (Å²) in [6, 6.07) is 11.9. The Hall–Kier alpha value is -1.94. The van der Waals surface area contributed by atoms with E-state index in [1.54, 1.807) is 13.2 Å². The number of nitrogen functional groups attached to an aromatic ring is 1. The van der Waals surface area contributed by atoms with E-state index < -0.39 is 0 Å². The van der Waals surface area contributed by atoms with Crippen LogP contribution in [0.2, 0.25) is 0 Å². The van der Waals surface area contributed by atoms with Crippen molar-refractivity contribution in [2.75, 3.05) is 12.8 Å². The SMILES string of the molecule is COCc1cc(N)nc(C(C)(C)c2ccccc2)n1. The molecule has 0 aliphatic heterocycles. The number of aromatic nitrogens is 2. The van der Waals surface area contributed by atoms with Gasteiger partial charge in [0.05, 0.1) is 12.3 Å². The molecule has 0 saturated heterocycles. The topological polar surface area (TPSA) is 61.0 Å². The van der Waals surface area contributed by atoms with E-state index in [0.717, 1.165) is 11.3 Å². The summed E-state index contributed by atoms with van der Waals surface area (Å²) in [7, 11) is 1.64. The molecule has 0 unspecified atom stereocenters. The van der Waals surface area contributed by atoms with E-state index in [0.29, 0.717) is 18.2 Å². The lowest BCUT2D eigenvalue weighted by molar-refractivity contribution is 0.181. The van der Waals surface area contributed by atoms with Gasteiger partial charge in [0.15, 0.2) is 0 Å². The van der Waals surface area contributed by atoms with Gasteiger partial charge < -0.3 is 10.5 Å². The molecule has 0 fully saturated rings. The molecule has 2 rings (SSSR count). The first-order valence-corrected chi connectivity index (χ1v) is 6.22. The normalized spacial score (nSPS) is 11.5. The molecule has 1 aromatic carbocycles. The highest BCUT2D eigenvalue weighted by atomic mass is 16.5. The fourth-order valence-corrected chi connectivity index (χ4v) is 2.00.